The average molecular weight is 293 g/mol. The molecular weight excluding hydrogens is 278 g/mol. The average Bonchev–Trinajstić information content (AvgIpc) is 2.96. The van der Waals surface area contributed by atoms with Crippen LogP contribution in [0.3, 0.4) is 0 Å². The molecule has 0 atom stereocenters. The number of nitrogens with one attached hydrogen (secondary N) is 1. The fourth-order valence-electron chi connectivity index (χ4n) is 1.66. The van der Waals surface area contributed by atoms with Gasteiger partial charge in [-0.05, 0) is 25.1 Å². The molecule has 0 fully saturated rings. The Kier molecular flexibility index (Phi) is 4.54. The molecule has 2 rings (SSSR count). The molecule has 106 valence electrons. The number of hydrogen-bond donors (Lipinski definition) is 2. The van der Waals surface area contributed by atoms with Crippen LogP contribution < -0.4 is 20.7 Å². The molecule has 0 aliphatic heterocycles. The van der Waals surface area contributed by atoms with E-state index in [2.05, 4.69) is 10.4 Å². The van der Waals surface area contributed by atoms with Crippen molar-refractivity contribution in [1.29, 1.82) is 0 Å². The molecule has 0 unspecified atom stereocenters. The maximum Gasteiger partial charge on any atom is 0.276 e. The third-order valence-electron chi connectivity index (χ3n) is 2.57. The SMILES string of the molecule is CCOc1cc(-c2ncc(C(=O)NN)s2)ccc1OC. The van der Waals surface area contributed by atoms with Crippen LogP contribution in [0, 0.1) is 0 Å². The Morgan fingerprint density at radius 2 is 2.25 bits per heavy atom. The van der Waals surface area contributed by atoms with Crippen molar-refractivity contribution in [3.63, 3.8) is 0 Å². The maximum absolute atomic E-state index is 11.4. The monoisotopic (exact) mass is 293 g/mol. The van der Waals surface area contributed by atoms with Gasteiger partial charge >= 0.3 is 0 Å². The molecule has 1 amide bonds. The molecular formula is C13H15N3O3S. The molecule has 6 nitrogen and oxygen atoms in total. The van der Waals surface area contributed by atoms with E-state index >= 15 is 0 Å². The third-order valence-corrected chi connectivity index (χ3v) is 3.62. The first kappa shape index (κ1) is 14.3. The standard InChI is InChI=1S/C13H15N3O3S/c1-3-19-10-6-8(4-5-9(10)18-2)13-15-7-11(20-13)12(17)16-14/h4-7H,3,14H2,1-2H3,(H,16,17). The van der Waals surface area contributed by atoms with Crippen molar-refractivity contribution >= 4 is 17.2 Å². The van der Waals surface area contributed by atoms with Crippen LogP contribution >= 0.6 is 11.3 Å². The smallest absolute Gasteiger partial charge is 0.276 e. The molecule has 3 N–H and O–H groups in total. The molecule has 20 heavy (non-hydrogen) atoms. The van der Waals surface area contributed by atoms with Gasteiger partial charge in [0.05, 0.1) is 19.9 Å². The van der Waals surface area contributed by atoms with Gasteiger partial charge in [0, 0.05) is 5.56 Å². The van der Waals surface area contributed by atoms with Crippen molar-refractivity contribution in [2.45, 2.75) is 6.92 Å². The third kappa shape index (κ3) is 2.89. The highest BCUT2D eigenvalue weighted by Gasteiger charge is 2.12. The number of methoxy groups -OCH3 is 1. The van der Waals surface area contributed by atoms with E-state index in [1.165, 1.54) is 17.5 Å². The summed E-state index contributed by atoms with van der Waals surface area (Å²) in [6, 6.07) is 5.51. The van der Waals surface area contributed by atoms with E-state index in [4.69, 9.17) is 15.3 Å². The van der Waals surface area contributed by atoms with Gasteiger partial charge in [-0.1, -0.05) is 0 Å². The lowest BCUT2D eigenvalue weighted by molar-refractivity contribution is 0.0957. The number of hydrogen-bond acceptors (Lipinski definition) is 6. The number of benzene rings is 1. The summed E-state index contributed by atoms with van der Waals surface area (Å²) < 4.78 is 10.7. The highest BCUT2D eigenvalue weighted by Crippen LogP contribution is 2.34. The predicted octanol–water partition coefficient (Wildman–Crippen LogP) is 1.82. The van der Waals surface area contributed by atoms with E-state index in [1.807, 2.05) is 25.1 Å². The van der Waals surface area contributed by atoms with E-state index in [9.17, 15) is 4.79 Å². The van der Waals surface area contributed by atoms with Crippen LogP contribution in [0.4, 0.5) is 0 Å². The molecule has 0 bridgehead atoms. The topological polar surface area (TPSA) is 86.5 Å². The van der Waals surface area contributed by atoms with Crippen LogP contribution in [0.5, 0.6) is 11.5 Å². The van der Waals surface area contributed by atoms with Gasteiger partial charge in [-0.3, -0.25) is 10.2 Å². The number of nitrogen functional groups attached to an aromatic ring is 1. The first-order valence-electron chi connectivity index (χ1n) is 5.97. The Morgan fingerprint density at radius 1 is 1.45 bits per heavy atom. The molecule has 0 saturated heterocycles. The van der Waals surface area contributed by atoms with Gasteiger partial charge in [0.25, 0.3) is 5.91 Å². The Labute approximate surface area is 120 Å². The number of nitrogens with zero attached hydrogens (tertiary/aromatic N) is 1. The van der Waals surface area contributed by atoms with E-state index < -0.39 is 0 Å². The molecule has 0 radical (unpaired) electrons. The number of nitrogens with two attached hydrogens (primary N) is 1. The highest BCUT2D eigenvalue weighted by atomic mass is 32.1. The lowest BCUT2D eigenvalue weighted by Gasteiger charge is -2.09. The second kappa shape index (κ2) is 6.36. The minimum atomic E-state index is -0.354. The van der Waals surface area contributed by atoms with Crippen LogP contribution in [0.1, 0.15) is 16.6 Å². The fourth-order valence-corrected chi connectivity index (χ4v) is 2.48. The normalized spacial score (nSPS) is 10.2. The van der Waals surface area contributed by atoms with Gasteiger partial charge in [-0.2, -0.15) is 0 Å². The van der Waals surface area contributed by atoms with Gasteiger partial charge in [-0.15, -0.1) is 11.3 Å². The van der Waals surface area contributed by atoms with Gasteiger partial charge in [0.1, 0.15) is 9.88 Å². The summed E-state index contributed by atoms with van der Waals surface area (Å²) in [5, 5.41) is 0.715. The molecule has 7 heteroatoms. The molecule has 2 aromatic rings. The molecule has 1 aromatic carbocycles. The summed E-state index contributed by atoms with van der Waals surface area (Å²) >= 11 is 1.26. The Balaban J connectivity index is 2.35. The molecule has 0 saturated carbocycles. The van der Waals surface area contributed by atoms with E-state index in [1.54, 1.807) is 7.11 Å². The van der Waals surface area contributed by atoms with Gasteiger partial charge < -0.3 is 9.47 Å². The number of thiazole rings is 1. The van der Waals surface area contributed by atoms with Crippen LogP contribution in [-0.2, 0) is 0 Å². The number of rotatable bonds is 5. The zero-order valence-electron chi connectivity index (χ0n) is 11.2. The Bertz CT molecular complexity index is 613. The van der Waals surface area contributed by atoms with E-state index in [0.29, 0.717) is 28.0 Å². The largest absolute Gasteiger partial charge is 0.493 e. The van der Waals surface area contributed by atoms with Crippen LogP contribution in [0.15, 0.2) is 24.4 Å². The Hall–Kier alpha value is -2.12. The lowest BCUT2D eigenvalue weighted by atomic mass is 10.2. The summed E-state index contributed by atoms with van der Waals surface area (Å²) in [5.41, 5.74) is 2.94. The summed E-state index contributed by atoms with van der Waals surface area (Å²) in [6.07, 6.45) is 1.49. The molecule has 1 heterocycles. The maximum atomic E-state index is 11.4. The number of carbonyl (C=O) groups excluding carboxylic acids is 1. The van der Waals surface area contributed by atoms with Gasteiger partial charge in [0.15, 0.2) is 11.5 Å². The summed E-state index contributed by atoms with van der Waals surface area (Å²) in [4.78, 5) is 16.1. The lowest BCUT2D eigenvalue weighted by Crippen LogP contribution is -2.29. The molecule has 0 aliphatic rings. The van der Waals surface area contributed by atoms with E-state index in [0.717, 1.165) is 5.56 Å². The van der Waals surface area contributed by atoms with Crippen molar-refractivity contribution in [3.05, 3.63) is 29.3 Å². The van der Waals surface area contributed by atoms with Crippen molar-refractivity contribution in [3.8, 4) is 22.1 Å². The number of aromatic nitrogens is 1. The molecule has 1 aromatic heterocycles. The van der Waals surface area contributed by atoms with Crippen molar-refractivity contribution in [1.82, 2.24) is 10.4 Å². The first-order valence-corrected chi connectivity index (χ1v) is 6.79. The van der Waals surface area contributed by atoms with Crippen molar-refractivity contribution in [2.75, 3.05) is 13.7 Å². The predicted molar refractivity (Wildman–Crippen MR) is 76.9 cm³/mol. The summed E-state index contributed by atoms with van der Waals surface area (Å²) in [6.45, 7) is 2.44. The van der Waals surface area contributed by atoms with Crippen LogP contribution in [0.25, 0.3) is 10.6 Å². The van der Waals surface area contributed by atoms with Crippen LogP contribution in [0.2, 0.25) is 0 Å². The second-order valence-electron chi connectivity index (χ2n) is 3.80. The summed E-state index contributed by atoms with van der Waals surface area (Å²) in [5.74, 6) is 6.05. The molecule has 0 spiro atoms. The fraction of sp³-hybridized carbons (Fsp3) is 0.231. The Morgan fingerprint density at radius 3 is 2.90 bits per heavy atom. The van der Waals surface area contributed by atoms with E-state index in [-0.39, 0.29) is 5.91 Å². The van der Waals surface area contributed by atoms with Crippen LogP contribution in [-0.4, -0.2) is 24.6 Å². The van der Waals surface area contributed by atoms with Gasteiger partial charge in [-0.25, -0.2) is 10.8 Å². The zero-order valence-corrected chi connectivity index (χ0v) is 12.0. The number of amides is 1. The first-order chi connectivity index (χ1) is 9.69. The zero-order chi connectivity index (χ0) is 14.5. The number of ether oxygens (including phenoxy) is 2. The van der Waals surface area contributed by atoms with Gasteiger partial charge in [0.2, 0.25) is 0 Å². The number of carbonyl (C=O) groups is 1. The highest BCUT2D eigenvalue weighted by molar-refractivity contribution is 7.16. The minimum absolute atomic E-state index is 0.354. The van der Waals surface area contributed by atoms with Crippen molar-refractivity contribution in [2.24, 2.45) is 5.84 Å². The minimum Gasteiger partial charge on any atom is -0.493 e. The van der Waals surface area contributed by atoms with Crippen molar-refractivity contribution < 1.29 is 14.3 Å². The quantitative estimate of drug-likeness (QED) is 0.499. The number of hydrazine groups is 1. The molecule has 0 aliphatic carbocycles. The summed E-state index contributed by atoms with van der Waals surface area (Å²) in [7, 11) is 1.59. The second-order valence-corrected chi connectivity index (χ2v) is 4.83.